The van der Waals surface area contributed by atoms with Gasteiger partial charge in [-0.1, -0.05) is 17.7 Å². The Hall–Kier alpha value is -2.08. The van der Waals surface area contributed by atoms with Gasteiger partial charge in [-0.15, -0.1) is 0 Å². The molecule has 2 heterocycles. The van der Waals surface area contributed by atoms with Gasteiger partial charge in [-0.2, -0.15) is 0 Å². The van der Waals surface area contributed by atoms with Crippen LogP contribution in [0.5, 0.6) is 0 Å². The molecule has 3 aromatic rings. The summed E-state index contributed by atoms with van der Waals surface area (Å²) < 4.78 is 28.7. The summed E-state index contributed by atoms with van der Waals surface area (Å²) in [7, 11) is 0. The fourth-order valence-corrected chi connectivity index (χ4v) is 2.00. The zero-order valence-electron chi connectivity index (χ0n) is 9.52. The van der Waals surface area contributed by atoms with Crippen molar-refractivity contribution in [2.24, 2.45) is 0 Å². The van der Waals surface area contributed by atoms with Crippen LogP contribution in [0.4, 0.5) is 8.78 Å². The van der Waals surface area contributed by atoms with E-state index in [-0.39, 0.29) is 17.3 Å². The van der Waals surface area contributed by atoms with Gasteiger partial charge in [0.15, 0.2) is 10.8 Å². The molecule has 0 atom stereocenters. The third-order valence-corrected chi connectivity index (χ3v) is 3.02. The molecule has 7 heteroatoms. The molecule has 19 heavy (non-hydrogen) atoms. The quantitative estimate of drug-likeness (QED) is 0.678. The van der Waals surface area contributed by atoms with Crippen LogP contribution < -0.4 is 0 Å². The van der Waals surface area contributed by atoms with Crippen LogP contribution in [-0.4, -0.2) is 19.5 Å². The fraction of sp³-hybridized carbons (Fsp3) is 0.0833. The van der Waals surface area contributed by atoms with E-state index in [0.717, 1.165) is 0 Å². The van der Waals surface area contributed by atoms with E-state index in [2.05, 4.69) is 15.0 Å². The van der Waals surface area contributed by atoms with E-state index in [0.29, 0.717) is 11.2 Å². The van der Waals surface area contributed by atoms with Crippen LogP contribution in [0.25, 0.3) is 11.2 Å². The Bertz CT molecular complexity index is 736. The molecular weight excluding hydrogens is 274 g/mol. The maximum Gasteiger partial charge on any atom is 0.165 e. The minimum Gasteiger partial charge on any atom is -0.310 e. The molecular formula is C12H7ClF2N4. The summed E-state index contributed by atoms with van der Waals surface area (Å²) in [4.78, 5) is 11.8. The molecule has 0 aliphatic heterocycles. The zero-order valence-corrected chi connectivity index (χ0v) is 10.3. The van der Waals surface area contributed by atoms with Crippen LogP contribution in [0.3, 0.4) is 0 Å². The van der Waals surface area contributed by atoms with Crippen LogP contribution in [0.15, 0.2) is 30.9 Å². The second-order valence-electron chi connectivity index (χ2n) is 3.91. The highest BCUT2D eigenvalue weighted by Crippen LogP contribution is 2.20. The zero-order chi connectivity index (χ0) is 13.4. The number of fused-ring (bicyclic) bond motifs is 1. The Labute approximate surface area is 111 Å². The van der Waals surface area contributed by atoms with Crippen molar-refractivity contribution in [1.82, 2.24) is 19.5 Å². The van der Waals surface area contributed by atoms with Crippen molar-refractivity contribution in [2.75, 3.05) is 0 Å². The molecule has 0 saturated heterocycles. The lowest BCUT2D eigenvalue weighted by Gasteiger charge is -2.06. The Morgan fingerprint density at radius 1 is 1.11 bits per heavy atom. The first-order valence-electron chi connectivity index (χ1n) is 5.41. The number of imidazole rings is 1. The van der Waals surface area contributed by atoms with E-state index >= 15 is 0 Å². The predicted octanol–water partition coefficient (Wildman–Crippen LogP) is 2.81. The van der Waals surface area contributed by atoms with Gasteiger partial charge in [0.1, 0.15) is 23.5 Å². The highest BCUT2D eigenvalue weighted by Gasteiger charge is 2.13. The van der Waals surface area contributed by atoms with Crippen molar-refractivity contribution < 1.29 is 8.78 Å². The standard InChI is InChI=1S/C12H7ClF2N4/c13-11-10-12(17-5-16-11)19(6-18-10)4-7-8(14)2-1-3-9(7)15/h1-3,5-6H,4H2. The van der Waals surface area contributed by atoms with E-state index < -0.39 is 11.6 Å². The van der Waals surface area contributed by atoms with Crippen molar-refractivity contribution in [3.05, 3.63) is 53.2 Å². The summed E-state index contributed by atoms with van der Waals surface area (Å²) >= 11 is 5.86. The lowest BCUT2D eigenvalue weighted by atomic mass is 10.2. The highest BCUT2D eigenvalue weighted by molar-refractivity contribution is 6.33. The average molecular weight is 281 g/mol. The summed E-state index contributed by atoms with van der Waals surface area (Å²) in [6, 6.07) is 3.73. The highest BCUT2D eigenvalue weighted by atomic mass is 35.5. The van der Waals surface area contributed by atoms with Crippen molar-refractivity contribution in [3.63, 3.8) is 0 Å². The third-order valence-electron chi connectivity index (χ3n) is 2.75. The minimum absolute atomic E-state index is 0.0116. The summed E-state index contributed by atoms with van der Waals surface area (Å²) in [5, 5.41) is 0.206. The van der Waals surface area contributed by atoms with E-state index in [1.807, 2.05) is 0 Å². The maximum absolute atomic E-state index is 13.6. The van der Waals surface area contributed by atoms with Crippen molar-refractivity contribution >= 4 is 22.8 Å². The Balaban J connectivity index is 2.09. The van der Waals surface area contributed by atoms with Gasteiger partial charge in [0.25, 0.3) is 0 Å². The molecule has 0 unspecified atom stereocenters. The largest absolute Gasteiger partial charge is 0.310 e. The van der Waals surface area contributed by atoms with Crippen LogP contribution in [0.1, 0.15) is 5.56 Å². The number of benzene rings is 1. The number of halogens is 3. The molecule has 2 aromatic heterocycles. The summed E-state index contributed by atoms with van der Waals surface area (Å²) in [5.74, 6) is -1.22. The normalized spacial score (nSPS) is 11.1. The molecule has 4 nitrogen and oxygen atoms in total. The van der Waals surface area contributed by atoms with E-state index in [1.54, 1.807) is 0 Å². The molecule has 96 valence electrons. The number of nitrogens with zero attached hydrogens (tertiary/aromatic N) is 4. The molecule has 0 aliphatic carbocycles. The van der Waals surface area contributed by atoms with E-state index in [1.165, 1.54) is 35.4 Å². The lowest BCUT2D eigenvalue weighted by molar-refractivity contribution is 0.546. The maximum atomic E-state index is 13.6. The Morgan fingerprint density at radius 3 is 2.58 bits per heavy atom. The van der Waals surface area contributed by atoms with Gasteiger partial charge in [0, 0.05) is 5.56 Å². The van der Waals surface area contributed by atoms with Gasteiger partial charge in [0.2, 0.25) is 0 Å². The fourth-order valence-electron chi connectivity index (χ4n) is 1.82. The smallest absolute Gasteiger partial charge is 0.165 e. The summed E-state index contributed by atoms with van der Waals surface area (Å²) in [6.07, 6.45) is 2.71. The predicted molar refractivity (Wildman–Crippen MR) is 65.8 cm³/mol. The molecule has 0 bridgehead atoms. The van der Waals surface area contributed by atoms with Gasteiger partial charge >= 0.3 is 0 Å². The first kappa shape index (κ1) is 12.0. The molecule has 0 amide bonds. The van der Waals surface area contributed by atoms with Gasteiger partial charge in [0.05, 0.1) is 12.9 Å². The molecule has 0 saturated carbocycles. The first-order valence-corrected chi connectivity index (χ1v) is 5.79. The molecule has 3 rings (SSSR count). The molecule has 0 spiro atoms. The van der Waals surface area contributed by atoms with Crippen LogP contribution in [0, 0.1) is 11.6 Å². The monoisotopic (exact) mass is 280 g/mol. The van der Waals surface area contributed by atoms with Crippen molar-refractivity contribution in [1.29, 1.82) is 0 Å². The number of hydrogen-bond acceptors (Lipinski definition) is 3. The molecule has 0 fully saturated rings. The van der Waals surface area contributed by atoms with Crippen LogP contribution >= 0.6 is 11.6 Å². The minimum atomic E-state index is -0.609. The number of rotatable bonds is 2. The van der Waals surface area contributed by atoms with Crippen LogP contribution in [0.2, 0.25) is 5.15 Å². The van der Waals surface area contributed by atoms with Gasteiger partial charge in [-0.25, -0.2) is 23.7 Å². The molecule has 0 aliphatic rings. The van der Waals surface area contributed by atoms with Gasteiger partial charge in [-0.05, 0) is 12.1 Å². The first-order chi connectivity index (χ1) is 9.16. The van der Waals surface area contributed by atoms with Crippen LogP contribution in [-0.2, 0) is 6.54 Å². The molecule has 1 aromatic carbocycles. The van der Waals surface area contributed by atoms with Crippen molar-refractivity contribution in [3.8, 4) is 0 Å². The SMILES string of the molecule is Fc1cccc(F)c1Cn1cnc2c(Cl)ncnc21. The average Bonchev–Trinajstić information content (AvgIpc) is 2.79. The Morgan fingerprint density at radius 2 is 1.84 bits per heavy atom. The molecule has 0 N–H and O–H groups in total. The topological polar surface area (TPSA) is 43.6 Å². The lowest BCUT2D eigenvalue weighted by Crippen LogP contribution is -2.04. The summed E-state index contributed by atoms with van der Waals surface area (Å²) in [6.45, 7) is -0.0116. The molecule has 0 radical (unpaired) electrons. The van der Waals surface area contributed by atoms with Crippen molar-refractivity contribution in [2.45, 2.75) is 6.54 Å². The van der Waals surface area contributed by atoms with E-state index in [9.17, 15) is 8.78 Å². The third kappa shape index (κ3) is 2.04. The van der Waals surface area contributed by atoms with Gasteiger partial charge in [-0.3, -0.25) is 0 Å². The van der Waals surface area contributed by atoms with Gasteiger partial charge < -0.3 is 4.57 Å². The van der Waals surface area contributed by atoms with E-state index in [4.69, 9.17) is 11.6 Å². The second-order valence-corrected chi connectivity index (χ2v) is 4.27. The number of hydrogen-bond donors (Lipinski definition) is 0. The Kier molecular flexibility index (Phi) is 2.87. The summed E-state index contributed by atoms with van der Waals surface area (Å²) in [5.41, 5.74) is 0.792. The second kappa shape index (κ2) is 4.55. The number of aromatic nitrogens is 4.